The molecule has 6 heteroatoms. The van der Waals surface area contributed by atoms with Crippen LogP contribution in [0, 0.1) is 5.92 Å². The van der Waals surface area contributed by atoms with Crippen molar-refractivity contribution in [2.75, 3.05) is 33.2 Å². The molecular formula is C14H29N3O2S. The number of nitrogens with one attached hydrogen (secondary N) is 1. The summed E-state index contributed by atoms with van der Waals surface area (Å²) in [5, 5.41) is 3.35. The van der Waals surface area contributed by atoms with Crippen molar-refractivity contribution in [1.29, 1.82) is 0 Å². The van der Waals surface area contributed by atoms with Crippen LogP contribution in [0.1, 0.15) is 45.4 Å². The monoisotopic (exact) mass is 303 g/mol. The summed E-state index contributed by atoms with van der Waals surface area (Å²) in [5.41, 5.74) is 0. The molecule has 2 heterocycles. The van der Waals surface area contributed by atoms with Gasteiger partial charge >= 0.3 is 0 Å². The second kappa shape index (κ2) is 7.20. The zero-order valence-corrected chi connectivity index (χ0v) is 13.7. The molecule has 5 nitrogen and oxygen atoms in total. The molecule has 2 rings (SSSR count). The summed E-state index contributed by atoms with van der Waals surface area (Å²) in [6, 6.07) is 0.148. The average molecular weight is 303 g/mol. The van der Waals surface area contributed by atoms with Crippen LogP contribution in [0.5, 0.6) is 0 Å². The molecule has 1 atom stereocenters. The van der Waals surface area contributed by atoms with Gasteiger partial charge in [0.25, 0.3) is 10.2 Å². The Bertz CT molecular complexity index is 393. The Kier molecular flexibility index (Phi) is 5.84. The van der Waals surface area contributed by atoms with Crippen LogP contribution in [-0.2, 0) is 10.2 Å². The highest BCUT2D eigenvalue weighted by molar-refractivity contribution is 7.86. The van der Waals surface area contributed by atoms with Gasteiger partial charge in [-0.1, -0.05) is 6.42 Å². The van der Waals surface area contributed by atoms with E-state index in [-0.39, 0.29) is 6.04 Å². The van der Waals surface area contributed by atoms with E-state index in [9.17, 15) is 8.42 Å². The molecule has 118 valence electrons. The van der Waals surface area contributed by atoms with Crippen LogP contribution in [0.2, 0.25) is 0 Å². The highest BCUT2D eigenvalue weighted by Crippen LogP contribution is 2.23. The zero-order valence-electron chi connectivity index (χ0n) is 12.8. The molecule has 1 unspecified atom stereocenters. The van der Waals surface area contributed by atoms with Crippen molar-refractivity contribution in [2.45, 2.75) is 51.5 Å². The van der Waals surface area contributed by atoms with Crippen molar-refractivity contribution in [3.8, 4) is 0 Å². The number of hydrogen-bond acceptors (Lipinski definition) is 3. The number of rotatable bonds is 5. The molecule has 2 fully saturated rings. The van der Waals surface area contributed by atoms with Gasteiger partial charge in [0.15, 0.2) is 0 Å². The summed E-state index contributed by atoms with van der Waals surface area (Å²) in [6.07, 6.45) is 6.46. The van der Waals surface area contributed by atoms with E-state index in [1.54, 1.807) is 15.7 Å². The van der Waals surface area contributed by atoms with Crippen LogP contribution in [0.3, 0.4) is 0 Å². The summed E-state index contributed by atoms with van der Waals surface area (Å²) in [5.74, 6) is 0.674. The minimum Gasteiger partial charge on any atom is -0.317 e. The van der Waals surface area contributed by atoms with Crippen LogP contribution in [-0.4, -0.2) is 56.3 Å². The fourth-order valence-electron chi connectivity index (χ4n) is 3.24. The quantitative estimate of drug-likeness (QED) is 0.836. The van der Waals surface area contributed by atoms with Crippen molar-refractivity contribution < 1.29 is 8.42 Å². The normalized spacial score (nSPS) is 27.1. The fourth-order valence-corrected chi connectivity index (χ4v) is 4.86. The molecule has 0 radical (unpaired) electrons. The first-order valence-electron chi connectivity index (χ1n) is 7.95. The van der Waals surface area contributed by atoms with Gasteiger partial charge in [-0.05, 0) is 58.0 Å². The minimum atomic E-state index is -3.26. The number of hydrogen-bond donors (Lipinski definition) is 1. The Morgan fingerprint density at radius 1 is 1.20 bits per heavy atom. The zero-order chi connectivity index (χ0) is 14.6. The first-order chi connectivity index (χ1) is 9.51. The van der Waals surface area contributed by atoms with Crippen molar-refractivity contribution in [2.24, 2.45) is 5.92 Å². The van der Waals surface area contributed by atoms with Gasteiger partial charge in [0.2, 0.25) is 0 Å². The van der Waals surface area contributed by atoms with Crippen molar-refractivity contribution in [3.63, 3.8) is 0 Å². The van der Waals surface area contributed by atoms with E-state index in [1.807, 2.05) is 6.92 Å². The van der Waals surface area contributed by atoms with Crippen LogP contribution < -0.4 is 5.32 Å². The van der Waals surface area contributed by atoms with Gasteiger partial charge in [0.1, 0.15) is 0 Å². The van der Waals surface area contributed by atoms with E-state index in [2.05, 4.69) is 5.32 Å². The average Bonchev–Trinajstić information content (AvgIpc) is 2.46. The smallest absolute Gasteiger partial charge is 0.281 e. The number of nitrogens with zero attached hydrogens (tertiary/aromatic N) is 2. The molecule has 0 spiro atoms. The first-order valence-corrected chi connectivity index (χ1v) is 9.35. The van der Waals surface area contributed by atoms with Gasteiger partial charge in [-0.2, -0.15) is 17.0 Å². The standard InChI is InChI=1S/C14H29N3O2S/c1-13-5-3-4-11-17(13)20(18,19)16(2)12-8-14-6-9-15-10-7-14/h13-15H,3-12H2,1-2H3. The fraction of sp³-hybridized carbons (Fsp3) is 1.00. The maximum atomic E-state index is 12.6. The molecule has 0 aromatic carbocycles. The van der Waals surface area contributed by atoms with E-state index in [1.165, 1.54) is 12.8 Å². The van der Waals surface area contributed by atoms with E-state index in [0.29, 0.717) is 19.0 Å². The van der Waals surface area contributed by atoms with Crippen LogP contribution in [0.15, 0.2) is 0 Å². The second-order valence-corrected chi connectivity index (χ2v) is 8.25. The highest BCUT2D eigenvalue weighted by atomic mass is 32.2. The van der Waals surface area contributed by atoms with E-state index < -0.39 is 10.2 Å². The molecular weight excluding hydrogens is 274 g/mol. The largest absolute Gasteiger partial charge is 0.317 e. The van der Waals surface area contributed by atoms with Gasteiger partial charge < -0.3 is 5.32 Å². The minimum absolute atomic E-state index is 0.148. The molecule has 0 aromatic heterocycles. The molecule has 2 saturated heterocycles. The van der Waals surface area contributed by atoms with Gasteiger partial charge in [-0.25, -0.2) is 0 Å². The lowest BCUT2D eigenvalue weighted by Crippen LogP contribution is -2.48. The Labute approximate surface area is 123 Å². The lowest BCUT2D eigenvalue weighted by Gasteiger charge is -2.35. The Morgan fingerprint density at radius 2 is 1.90 bits per heavy atom. The van der Waals surface area contributed by atoms with Gasteiger partial charge in [0.05, 0.1) is 0 Å². The maximum Gasteiger partial charge on any atom is 0.281 e. The molecule has 1 N–H and O–H groups in total. The third-order valence-electron chi connectivity index (χ3n) is 4.74. The SMILES string of the molecule is CC1CCCCN1S(=O)(=O)N(C)CCC1CCNCC1. The molecule has 0 aromatic rings. The van der Waals surface area contributed by atoms with Gasteiger partial charge in [-0.15, -0.1) is 0 Å². The van der Waals surface area contributed by atoms with Crippen molar-refractivity contribution in [1.82, 2.24) is 13.9 Å². The summed E-state index contributed by atoms with van der Waals surface area (Å²) in [6.45, 7) is 5.50. The summed E-state index contributed by atoms with van der Waals surface area (Å²) >= 11 is 0. The van der Waals surface area contributed by atoms with Crippen molar-refractivity contribution >= 4 is 10.2 Å². The highest BCUT2D eigenvalue weighted by Gasteiger charge is 2.32. The molecule has 2 aliphatic heterocycles. The van der Waals surface area contributed by atoms with Crippen LogP contribution in [0.25, 0.3) is 0 Å². The number of piperidine rings is 2. The lowest BCUT2D eigenvalue weighted by atomic mass is 9.95. The molecule has 0 amide bonds. The predicted molar refractivity (Wildman–Crippen MR) is 81.8 cm³/mol. The third kappa shape index (κ3) is 3.93. The van der Waals surface area contributed by atoms with E-state index in [0.717, 1.165) is 38.8 Å². The molecule has 0 bridgehead atoms. The first kappa shape index (κ1) is 16.2. The van der Waals surface area contributed by atoms with Crippen molar-refractivity contribution in [3.05, 3.63) is 0 Å². The Balaban J connectivity index is 1.87. The topological polar surface area (TPSA) is 52.7 Å². The lowest BCUT2D eigenvalue weighted by molar-refractivity contribution is 0.245. The third-order valence-corrected chi connectivity index (χ3v) is 6.85. The van der Waals surface area contributed by atoms with Gasteiger partial charge in [-0.3, -0.25) is 0 Å². The molecule has 2 aliphatic rings. The maximum absolute atomic E-state index is 12.6. The Hall–Kier alpha value is -0.170. The van der Waals surface area contributed by atoms with Gasteiger partial charge in [0, 0.05) is 26.2 Å². The summed E-state index contributed by atoms with van der Waals surface area (Å²) in [4.78, 5) is 0. The predicted octanol–water partition coefficient (Wildman–Crippen LogP) is 1.43. The summed E-state index contributed by atoms with van der Waals surface area (Å²) in [7, 11) is -1.53. The van der Waals surface area contributed by atoms with E-state index in [4.69, 9.17) is 0 Å². The molecule has 20 heavy (non-hydrogen) atoms. The molecule has 0 aliphatic carbocycles. The Morgan fingerprint density at radius 3 is 2.55 bits per heavy atom. The molecule has 0 saturated carbocycles. The summed E-state index contributed by atoms with van der Waals surface area (Å²) < 4.78 is 28.5. The van der Waals surface area contributed by atoms with Crippen LogP contribution >= 0.6 is 0 Å². The second-order valence-electron chi connectivity index (χ2n) is 6.27. The van der Waals surface area contributed by atoms with E-state index >= 15 is 0 Å². The van der Waals surface area contributed by atoms with Crippen LogP contribution in [0.4, 0.5) is 0 Å².